The van der Waals surface area contributed by atoms with Crippen LogP contribution in [-0.2, 0) is 25.1 Å². The zero-order chi connectivity index (χ0) is 17.8. The second kappa shape index (κ2) is 5.69. The van der Waals surface area contributed by atoms with Gasteiger partial charge in [-0.05, 0) is 37.6 Å². The number of likely N-dealkylation sites (tertiary alicyclic amines) is 1. The smallest absolute Gasteiger partial charge is 0.324 e. The van der Waals surface area contributed by atoms with Crippen molar-refractivity contribution in [2.75, 3.05) is 31.8 Å². The van der Waals surface area contributed by atoms with E-state index in [0.717, 1.165) is 43.4 Å². The molecule has 0 unspecified atom stereocenters. The van der Waals surface area contributed by atoms with Crippen LogP contribution >= 0.6 is 0 Å². The van der Waals surface area contributed by atoms with Gasteiger partial charge in [0.15, 0.2) is 0 Å². The normalized spacial score (nSPS) is 32.2. The molecule has 1 N–H and O–H groups in total. The van der Waals surface area contributed by atoms with Crippen molar-refractivity contribution >= 4 is 21.7 Å². The number of rotatable bonds is 3. The molecule has 3 aliphatic heterocycles. The topological polar surface area (TPSA) is 79.0 Å². The number of para-hydroxylation sites is 1. The van der Waals surface area contributed by atoms with Gasteiger partial charge in [-0.25, -0.2) is 8.42 Å². The lowest BCUT2D eigenvalue weighted by atomic mass is 9.85. The van der Waals surface area contributed by atoms with Crippen molar-refractivity contribution in [2.24, 2.45) is 0 Å². The van der Waals surface area contributed by atoms with Gasteiger partial charge in [0.25, 0.3) is 0 Å². The fourth-order valence-corrected chi connectivity index (χ4v) is 6.03. The molecule has 25 heavy (non-hydrogen) atoms. The number of carbonyl (C=O) groups excluding carboxylic acids is 1. The van der Waals surface area contributed by atoms with Gasteiger partial charge in [-0.2, -0.15) is 4.31 Å². The van der Waals surface area contributed by atoms with Crippen molar-refractivity contribution in [1.29, 1.82) is 0 Å². The van der Waals surface area contributed by atoms with E-state index in [1.165, 1.54) is 11.4 Å². The van der Waals surface area contributed by atoms with Crippen LogP contribution in [0.15, 0.2) is 24.3 Å². The summed E-state index contributed by atoms with van der Waals surface area (Å²) in [4.78, 5) is 14.7. The highest BCUT2D eigenvalue weighted by atomic mass is 32.2. The number of sulfonamides is 1. The molecule has 3 aliphatic rings. The van der Waals surface area contributed by atoms with Gasteiger partial charge >= 0.3 is 5.97 Å². The molecule has 0 aliphatic carbocycles. The minimum Gasteiger partial charge on any atom is -0.468 e. The van der Waals surface area contributed by atoms with E-state index >= 15 is 0 Å². The number of benzene rings is 1. The van der Waals surface area contributed by atoms with E-state index in [0.29, 0.717) is 6.42 Å². The van der Waals surface area contributed by atoms with Crippen LogP contribution in [0.2, 0.25) is 0 Å². The standard InChI is InChI=1S/C17H23N3O4S/c1-24-15(21)14-11-17(19-9-5-6-10-19)12-7-3-4-8-13(12)18-16(17)20(14)25(2,22)23/h3-4,7-8,14,16,18H,5-6,9-11H2,1-2H3/t14-,16+,17-/m1/s1. The number of nitrogens with zero attached hydrogens (tertiary/aromatic N) is 2. The number of nitrogens with one attached hydrogen (secondary N) is 1. The maximum Gasteiger partial charge on any atom is 0.324 e. The summed E-state index contributed by atoms with van der Waals surface area (Å²) in [6.07, 6.45) is 3.23. The number of hydrogen-bond donors (Lipinski definition) is 1. The number of methoxy groups -OCH3 is 1. The number of fused-ring (bicyclic) bond motifs is 3. The van der Waals surface area contributed by atoms with Crippen molar-refractivity contribution in [3.8, 4) is 0 Å². The Morgan fingerprint density at radius 3 is 2.60 bits per heavy atom. The Hall–Kier alpha value is -1.64. The predicted molar refractivity (Wildman–Crippen MR) is 93.4 cm³/mol. The molecule has 136 valence electrons. The monoisotopic (exact) mass is 365 g/mol. The maximum atomic E-state index is 12.6. The van der Waals surface area contributed by atoms with Gasteiger partial charge in [0.1, 0.15) is 12.2 Å². The fourth-order valence-electron chi connectivity index (χ4n) is 4.80. The predicted octanol–water partition coefficient (Wildman–Crippen LogP) is 0.936. The third-order valence-electron chi connectivity index (χ3n) is 5.73. The Bertz CT molecular complexity index is 806. The molecule has 4 rings (SSSR count). The lowest BCUT2D eigenvalue weighted by Gasteiger charge is -2.39. The van der Waals surface area contributed by atoms with Gasteiger partial charge < -0.3 is 10.1 Å². The Morgan fingerprint density at radius 1 is 1.28 bits per heavy atom. The van der Waals surface area contributed by atoms with E-state index in [-0.39, 0.29) is 0 Å². The Kier molecular flexibility index (Phi) is 3.82. The Labute approximate surface area is 148 Å². The van der Waals surface area contributed by atoms with E-state index in [1.54, 1.807) is 0 Å². The molecule has 2 saturated heterocycles. The summed E-state index contributed by atoms with van der Waals surface area (Å²) in [5.74, 6) is -0.502. The van der Waals surface area contributed by atoms with Crippen LogP contribution < -0.4 is 5.32 Å². The fraction of sp³-hybridized carbons (Fsp3) is 0.588. The van der Waals surface area contributed by atoms with Gasteiger partial charge in [0, 0.05) is 12.1 Å². The van der Waals surface area contributed by atoms with Gasteiger partial charge in [0.05, 0.1) is 18.9 Å². The van der Waals surface area contributed by atoms with Gasteiger partial charge in [-0.1, -0.05) is 18.2 Å². The quantitative estimate of drug-likeness (QED) is 0.803. The molecular formula is C17H23N3O4S. The Morgan fingerprint density at radius 2 is 1.96 bits per heavy atom. The molecule has 1 aromatic carbocycles. The molecule has 1 aromatic rings. The van der Waals surface area contributed by atoms with E-state index in [9.17, 15) is 13.2 Å². The summed E-state index contributed by atoms with van der Waals surface area (Å²) in [7, 11) is -2.30. The van der Waals surface area contributed by atoms with Crippen LogP contribution in [0.4, 0.5) is 5.69 Å². The Balaban J connectivity index is 1.90. The van der Waals surface area contributed by atoms with Crippen LogP contribution in [0, 0.1) is 0 Å². The first-order chi connectivity index (χ1) is 11.9. The molecule has 0 saturated carbocycles. The summed E-state index contributed by atoms with van der Waals surface area (Å²) in [5, 5.41) is 3.38. The molecule has 7 nitrogen and oxygen atoms in total. The van der Waals surface area contributed by atoms with Crippen LogP contribution in [0.5, 0.6) is 0 Å². The molecule has 0 spiro atoms. The zero-order valence-corrected chi connectivity index (χ0v) is 15.3. The third kappa shape index (κ3) is 2.31. The highest BCUT2D eigenvalue weighted by Gasteiger charge is 2.64. The average Bonchev–Trinajstić information content (AvgIpc) is 3.25. The third-order valence-corrected chi connectivity index (χ3v) is 6.96. The summed E-state index contributed by atoms with van der Waals surface area (Å²) in [5.41, 5.74) is 1.48. The first-order valence-electron chi connectivity index (χ1n) is 8.57. The highest BCUT2D eigenvalue weighted by molar-refractivity contribution is 7.88. The maximum absolute atomic E-state index is 12.6. The summed E-state index contributed by atoms with van der Waals surface area (Å²) in [6.45, 7) is 1.80. The largest absolute Gasteiger partial charge is 0.468 e. The van der Waals surface area contributed by atoms with Gasteiger partial charge in [-0.15, -0.1) is 0 Å². The van der Waals surface area contributed by atoms with Crippen LogP contribution in [0.3, 0.4) is 0 Å². The summed E-state index contributed by atoms with van der Waals surface area (Å²) in [6, 6.07) is 7.11. The molecule has 0 radical (unpaired) electrons. The first kappa shape index (κ1) is 16.8. The van der Waals surface area contributed by atoms with E-state index < -0.39 is 33.7 Å². The molecule has 0 amide bonds. The van der Waals surface area contributed by atoms with Crippen LogP contribution in [0.25, 0.3) is 0 Å². The van der Waals surface area contributed by atoms with Crippen molar-refractivity contribution in [2.45, 2.75) is 37.0 Å². The van der Waals surface area contributed by atoms with Crippen LogP contribution in [-0.4, -0.2) is 62.3 Å². The second-order valence-corrected chi connectivity index (χ2v) is 8.93. The molecule has 0 bridgehead atoms. The minimum absolute atomic E-state index is 0.404. The van der Waals surface area contributed by atoms with Crippen LogP contribution in [0.1, 0.15) is 24.8 Å². The SMILES string of the molecule is COC(=O)[C@H]1C[C@@]2(N3CCCC3)c3ccccc3N[C@H]2N1S(C)(=O)=O. The zero-order valence-electron chi connectivity index (χ0n) is 14.4. The number of esters is 1. The number of carbonyl (C=O) groups is 1. The molecular weight excluding hydrogens is 342 g/mol. The van der Waals surface area contributed by atoms with E-state index in [2.05, 4.69) is 10.2 Å². The number of ether oxygens (including phenoxy) is 1. The first-order valence-corrected chi connectivity index (χ1v) is 10.4. The molecule has 8 heteroatoms. The molecule has 3 heterocycles. The summed E-state index contributed by atoms with van der Waals surface area (Å²) >= 11 is 0. The average molecular weight is 365 g/mol. The van der Waals surface area contributed by atoms with Gasteiger partial charge in [0.2, 0.25) is 10.0 Å². The lowest BCUT2D eigenvalue weighted by Crippen LogP contribution is -2.54. The molecule has 2 fully saturated rings. The molecule has 3 atom stereocenters. The summed E-state index contributed by atoms with van der Waals surface area (Å²) < 4.78 is 31.4. The number of anilines is 1. The van der Waals surface area contributed by atoms with Crippen molar-refractivity contribution in [3.63, 3.8) is 0 Å². The second-order valence-electron chi connectivity index (χ2n) is 7.05. The number of hydrogen-bond acceptors (Lipinski definition) is 6. The van der Waals surface area contributed by atoms with Gasteiger partial charge in [-0.3, -0.25) is 9.69 Å². The molecule has 0 aromatic heterocycles. The van der Waals surface area contributed by atoms with Crippen molar-refractivity contribution in [1.82, 2.24) is 9.21 Å². The minimum atomic E-state index is -3.60. The van der Waals surface area contributed by atoms with Crippen molar-refractivity contribution < 1.29 is 17.9 Å². The lowest BCUT2D eigenvalue weighted by molar-refractivity contribution is -0.144. The van der Waals surface area contributed by atoms with E-state index in [1.807, 2.05) is 24.3 Å². The van der Waals surface area contributed by atoms with E-state index in [4.69, 9.17) is 4.74 Å². The highest BCUT2D eigenvalue weighted by Crippen LogP contribution is 2.54. The van der Waals surface area contributed by atoms with Crippen molar-refractivity contribution in [3.05, 3.63) is 29.8 Å².